The van der Waals surface area contributed by atoms with Crippen LogP contribution in [0.2, 0.25) is 0 Å². The van der Waals surface area contributed by atoms with Crippen LogP contribution in [0.4, 0.5) is 0 Å². The fourth-order valence-corrected chi connectivity index (χ4v) is 3.16. The molecule has 0 saturated heterocycles. The van der Waals surface area contributed by atoms with E-state index in [1.54, 1.807) is 12.2 Å². The molecule has 2 rings (SSSR count). The fourth-order valence-electron chi connectivity index (χ4n) is 1.27. The Morgan fingerprint density at radius 2 is 2.26 bits per heavy atom. The standard InChI is InChI=1S/C11H8N2O3S3/c1-19(14,15)16-13-11-5-4-10(18-11)8(7-12)9-3-2-6-17-9/h2-6H,1H3/b10-8-,13-11+. The Morgan fingerprint density at radius 1 is 1.47 bits per heavy atom. The molecule has 1 aromatic rings. The van der Waals surface area contributed by atoms with Gasteiger partial charge in [0.25, 0.3) is 0 Å². The molecule has 0 saturated carbocycles. The van der Waals surface area contributed by atoms with Crippen molar-refractivity contribution in [3.05, 3.63) is 39.4 Å². The largest absolute Gasteiger partial charge is 0.325 e. The third-order valence-corrected chi connectivity index (χ3v) is 4.19. The van der Waals surface area contributed by atoms with Crippen molar-refractivity contribution in [2.75, 3.05) is 6.26 Å². The van der Waals surface area contributed by atoms with Crippen LogP contribution in [0.5, 0.6) is 0 Å². The number of nitriles is 1. The van der Waals surface area contributed by atoms with Crippen molar-refractivity contribution in [1.29, 1.82) is 5.26 Å². The molecule has 0 unspecified atom stereocenters. The molecular weight excluding hydrogens is 304 g/mol. The maximum atomic E-state index is 10.8. The van der Waals surface area contributed by atoms with Crippen LogP contribution in [0.3, 0.4) is 0 Å². The topological polar surface area (TPSA) is 79.5 Å². The monoisotopic (exact) mass is 312 g/mol. The predicted molar refractivity (Wildman–Crippen MR) is 76.9 cm³/mol. The van der Waals surface area contributed by atoms with Crippen molar-refractivity contribution < 1.29 is 12.7 Å². The van der Waals surface area contributed by atoms with Gasteiger partial charge in [0.1, 0.15) is 11.1 Å². The SMILES string of the molecule is CS(=O)(=O)O/N=C1C=C/C(=C(\C#N)c2cccs2)S\1. The minimum absolute atomic E-state index is 0.393. The summed E-state index contributed by atoms with van der Waals surface area (Å²) in [6.07, 6.45) is 4.24. The molecule has 0 bridgehead atoms. The first-order valence-corrected chi connectivity index (χ1v) is 8.51. The molecule has 8 heteroatoms. The van der Waals surface area contributed by atoms with Crippen LogP contribution in [0.15, 0.2) is 39.7 Å². The van der Waals surface area contributed by atoms with Gasteiger partial charge in [0, 0.05) is 9.78 Å². The molecule has 1 aromatic heterocycles. The van der Waals surface area contributed by atoms with Gasteiger partial charge in [-0.2, -0.15) is 13.7 Å². The van der Waals surface area contributed by atoms with Gasteiger partial charge in [-0.1, -0.05) is 23.0 Å². The highest BCUT2D eigenvalue weighted by atomic mass is 32.2. The Morgan fingerprint density at radius 3 is 2.84 bits per heavy atom. The number of allylic oxidation sites excluding steroid dienone is 2. The molecule has 2 heterocycles. The number of thioether (sulfide) groups is 1. The summed E-state index contributed by atoms with van der Waals surface area (Å²) in [4.78, 5) is 1.58. The van der Waals surface area contributed by atoms with Gasteiger partial charge in [-0.15, -0.1) is 11.3 Å². The van der Waals surface area contributed by atoms with E-state index in [-0.39, 0.29) is 0 Å². The van der Waals surface area contributed by atoms with Crippen LogP contribution in [-0.4, -0.2) is 19.7 Å². The summed E-state index contributed by atoms with van der Waals surface area (Å²) < 4.78 is 26.0. The Hall–Kier alpha value is -1.56. The van der Waals surface area contributed by atoms with Gasteiger partial charge in [-0.25, -0.2) is 0 Å². The van der Waals surface area contributed by atoms with E-state index in [1.807, 2.05) is 17.5 Å². The highest BCUT2D eigenvalue weighted by molar-refractivity contribution is 8.18. The first kappa shape index (κ1) is 13.9. The molecule has 98 valence electrons. The van der Waals surface area contributed by atoms with Crippen molar-refractivity contribution in [2.45, 2.75) is 0 Å². The van der Waals surface area contributed by atoms with Crippen molar-refractivity contribution in [2.24, 2.45) is 5.16 Å². The number of hydrogen-bond acceptors (Lipinski definition) is 7. The molecule has 0 aromatic carbocycles. The number of rotatable bonds is 3. The van der Waals surface area contributed by atoms with E-state index in [4.69, 9.17) is 0 Å². The first-order chi connectivity index (χ1) is 8.99. The summed E-state index contributed by atoms with van der Waals surface area (Å²) in [5.74, 6) is 0. The second-order valence-electron chi connectivity index (χ2n) is 3.47. The van der Waals surface area contributed by atoms with Crippen molar-refractivity contribution in [3.8, 4) is 6.07 Å². The quantitative estimate of drug-likeness (QED) is 0.633. The zero-order valence-electron chi connectivity index (χ0n) is 9.73. The fraction of sp³-hybridized carbons (Fsp3) is 0.0909. The van der Waals surface area contributed by atoms with E-state index < -0.39 is 10.1 Å². The highest BCUT2D eigenvalue weighted by Gasteiger charge is 2.16. The second-order valence-corrected chi connectivity index (χ2v) is 7.04. The number of oxime groups is 1. The van der Waals surface area contributed by atoms with Crippen LogP contribution in [0.25, 0.3) is 5.57 Å². The molecule has 0 amide bonds. The van der Waals surface area contributed by atoms with Gasteiger partial charge in [-0.3, -0.25) is 4.28 Å². The van der Waals surface area contributed by atoms with E-state index in [0.717, 1.165) is 16.0 Å². The van der Waals surface area contributed by atoms with E-state index >= 15 is 0 Å². The summed E-state index contributed by atoms with van der Waals surface area (Å²) in [6, 6.07) is 5.86. The molecule has 0 aliphatic carbocycles. The molecule has 5 nitrogen and oxygen atoms in total. The maximum absolute atomic E-state index is 10.8. The van der Waals surface area contributed by atoms with Crippen molar-refractivity contribution in [1.82, 2.24) is 0 Å². The Kier molecular flexibility index (Phi) is 4.09. The summed E-state index contributed by atoms with van der Waals surface area (Å²) in [6.45, 7) is 0. The van der Waals surface area contributed by atoms with Crippen LogP contribution in [0, 0.1) is 11.3 Å². The lowest BCUT2D eigenvalue weighted by molar-refractivity contribution is 0.345. The lowest BCUT2D eigenvalue weighted by Gasteiger charge is -1.98. The Labute approximate surface area is 119 Å². The van der Waals surface area contributed by atoms with Gasteiger partial charge >= 0.3 is 10.1 Å². The molecular formula is C11H8N2O3S3. The third-order valence-electron chi connectivity index (χ3n) is 1.98. The van der Waals surface area contributed by atoms with Gasteiger partial charge < -0.3 is 0 Å². The Bertz CT molecular complexity index is 707. The van der Waals surface area contributed by atoms with E-state index in [9.17, 15) is 13.7 Å². The summed E-state index contributed by atoms with van der Waals surface area (Å²) in [5.41, 5.74) is 0.542. The molecule has 0 spiro atoms. The zero-order valence-corrected chi connectivity index (χ0v) is 12.2. The van der Waals surface area contributed by atoms with Gasteiger partial charge in [0.2, 0.25) is 0 Å². The first-order valence-electron chi connectivity index (χ1n) is 5.00. The predicted octanol–water partition coefficient (Wildman–Crippen LogP) is 2.58. The van der Waals surface area contributed by atoms with Gasteiger partial charge in [0.05, 0.1) is 11.8 Å². The molecule has 0 radical (unpaired) electrons. The lowest BCUT2D eigenvalue weighted by atomic mass is 10.2. The molecule has 19 heavy (non-hydrogen) atoms. The Balaban J connectivity index is 2.23. The highest BCUT2D eigenvalue weighted by Crippen LogP contribution is 2.35. The molecule has 0 fully saturated rings. The second kappa shape index (κ2) is 5.61. The lowest BCUT2D eigenvalue weighted by Crippen LogP contribution is -1.98. The van der Waals surface area contributed by atoms with E-state index in [1.165, 1.54) is 23.1 Å². The van der Waals surface area contributed by atoms with Crippen molar-refractivity contribution >= 4 is 43.8 Å². The van der Waals surface area contributed by atoms with Crippen LogP contribution < -0.4 is 0 Å². The molecule has 0 atom stereocenters. The molecule has 1 aliphatic heterocycles. The minimum Gasteiger partial charge on any atom is -0.268 e. The van der Waals surface area contributed by atoms with Gasteiger partial charge in [0.15, 0.2) is 0 Å². The van der Waals surface area contributed by atoms with Gasteiger partial charge in [-0.05, 0) is 23.6 Å². The maximum Gasteiger partial charge on any atom is 0.325 e. The molecule has 0 N–H and O–H groups in total. The van der Waals surface area contributed by atoms with E-state index in [2.05, 4.69) is 15.5 Å². The summed E-state index contributed by atoms with van der Waals surface area (Å²) in [7, 11) is -3.61. The van der Waals surface area contributed by atoms with Crippen LogP contribution >= 0.6 is 23.1 Å². The smallest absolute Gasteiger partial charge is 0.268 e. The summed E-state index contributed by atoms with van der Waals surface area (Å²) in [5, 5.41) is 15.0. The normalized spacial score (nSPS) is 19.5. The number of thiophene rings is 1. The van der Waals surface area contributed by atoms with Crippen LogP contribution in [0.1, 0.15) is 4.88 Å². The third kappa shape index (κ3) is 3.70. The van der Waals surface area contributed by atoms with Crippen LogP contribution in [-0.2, 0) is 14.4 Å². The number of hydrogen-bond donors (Lipinski definition) is 0. The average molecular weight is 312 g/mol. The van der Waals surface area contributed by atoms with E-state index in [0.29, 0.717) is 10.6 Å². The van der Waals surface area contributed by atoms with Crippen molar-refractivity contribution in [3.63, 3.8) is 0 Å². The average Bonchev–Trinajstić information content (AvgIpc) is 2.98. The summed E-state index contributed by atoms with van der Waals surface area (Å²) >= 11 is 2.66. The molecule has 1 aliphatic rings. The minimum atomic E-state index is -3.61. The zero-order chi connectivity index (χ0) is 13.9. The number of nitrogens with zero attached hydrogens (tertiary/aromatic N) is 2.